The second kappa shape index (κ2) is 4.15. The van der Waals surface area contributed by atoms with E-state index >= 15 is 0 Å². The molecule has 13 heavy (non-hydrogen) atoms. The standard InChI is InChI=1S/C8H13N3O2/c1-11-4-3-10-8(11)7(12)6(9)5-13-2/h3-4,6H,5,9H2,1-2H3. The van der Waals surface area contributed by atoms with E-state index in [0.29, 0.717) is 5.82 Å². The molecule has 0 saturated carbocycles. The van der Waals surface area contributed by atoms with Crippen LogP contribution in [0, 0.1) is 0 Å². The van der Waals surface area contributed by atoms with Crippen LogP contribution in [0.25, 0.3) is 0 Å². The maximum Gasteiger partial charge on any atom is 0.217 e. The summed E-state index contributed by atoms with van der Waals surface area (Å²) in [5.41, 5.74) is 5.56. The third-order valence-corrected chi connectivity index (χ3v) is 1.72. The Labute approximate surface area is 76.5 Å². The molecule has 0 spiro atoms. The van der Waals surface area contributed by atoms with Gasteiger partial charge in [-0.2, -0.15) is 0 Å². The molecule has 0 aliphatic heterocycles. The number of Topliss-reactive ketones (excluding diaryl/α,β-unsaturated/α-hetero) is 1. The number of hydrogen-bond donors (Lipinski definition) is 1. The molecule has 0 amide bonds. The van der Waals surface area contributed by atoms with E-state index in [2.05, 4.69) is 4.98 Å². The van der Waals surface area contributed by atoms with Crippen LogP contribution in [0.4, 0.5) is 0 Å². The highest BCUT2D eigenvalue weighted by atomic mass is 16.5. The Morgan fingerprint density at radius 2 is 2.54 bits per heavy atom. The minimum atomic E-state index is -0.633. The van der Waals surface area contributed by atoms with Gasteiger partial charge in [-0.15, -0.1) is 0 Å². The Bertz CT molecular complexity index is 295. The van der Waals surface area contributed by atoms with Crippen LogP contribution in [0.1, 0.15) is 10.6 Å². The number of imidazole rings is 1. The van der Waals surface area contributed by atoms with E-state index in [9.17, 15) is 4.79 Å². The molecular weight excluding hydrogens is 170 g/mol. The summed E-state index contributed by atoms with van der Waals surface area (Å²) >= 11 is 0. The predicted octanol–water partition coefficient (Wildman–Crippen LogP) is -0.424. The molecule has 2 N–H and O–H groups in total. The summed E-state index contributed by atoms with van der Waals surface area (Å²) in [5.74, 6) is 0.166. The van der Waals surface area contributed by atoms with Crippen molar-refractivity contribution < 1.29 is 9.53 Å². The van der Waals surface area contributed by atoms with Crippen molar-refractivity contribution in [1.29, 1.82) is 0 Å². The molecule has 1 unspecified atom stereocenters. The zero-order valence-electron chi connectivity index (χ0n) is 7.73. The molecule has 0 aliphatic rings. The van der Waals surface area contributed by atoms with Gasteiger partial charge in [0.2, 0.25) is 5.78 Å². The molecule has 1 aromatic heterocycles. The maximum atomic E-state index is 11.5. The zero-order chi connectivity index (χ0) is 9.84. The summed E-state index contributed by atoms with van der Waals surface area (Å²) in [7, 11) is 3.26. The lowest BCUT2D eigenvalue weighted by Crippen LogP contribution is -2.36. The van der Waals surface area contributed by atoms with Crippen LogP contribution in [0.5, 0.6) is 0 Å². The molecule has 72 valence electrons. The van der Waals surface area contributed by atoms with Crippen LogP contribution >= 0.6 is 0 Å². The first-order valence-corrected chi connectivity index (χ1v) is 3.93. The molecule has 1 rings (SSSR count). The van der Waals surface area contributed by atoms with E-state index in [4.69, 9.17) is 10.5 Å². The van der Waals surface area contributed by atoms with Crippen molar-refractivity contribution in [2.75, 3.05) is 13.7 Å². The highest BCUT2D eigenvalue weighted by Crippen LogP contribution is 1.98. The second-order valence-electron chi connectivity index (χ2n) is 2.79. The largest absolute Gasteiger partial charge is 0.383 e. The van der Waals surface area contributed by atoms with E-state index in [1.165, 1.54) is 7.11 Å². The van der Waals surface area contributed by atoms with E-state index in [1.807, 2.05) is 0 Å². The number of ketones is 1. The summed E-state index contributed by atoms with van der Waals surface area (Å²) in [6, 6.07) is -0.633. The van der Waals surface area contributed by atoms with Crippen molar-refractivity contribution in [3.63, 3.8) is 0 Å². The van der Waals surface area contributed by atoms with Gasteiger partial charge in [0.1, 0.15) is 0 Å². The predicted molar refractivity (Wildman–Crippen MR) is 47.4 cm³/mol. The summed E-state index contributed by atoms with van der Waals surface area (Å²) < 4.78 is 6.42. The van der Waals surface area contributed by atoms with Crippen LogP contribution in [-0.2, 0) is 11.8 Å². The van der Waals surface area contributed by atoms with E-state index in [1.54, 1.807) is 24.0 Å². The van der Waals surface area contributed by atoms with Crippen LogP contribution in [-0.4, -0.2) is 35.1 Å². The van der Waals surface area contributed by atoms with Crippen LogP contribution in [0.15, 0.2) is 12.4 Å². The molecule has 5 heteroatoms. The number of hydrogen-bond acceptors (Lipinski definition) is 4. The summed E-state index contributed by atoms with van der Waals surface area (Å²) in [6.45, 7) is 0.214. The number of aromatic nitrogens is 2. The van der Waals surface area contributed by atoms with Gasteiger partial charge in [-0.3, -0.25) is 4.79 Å². The molecule has 0 bridgehead atoms. The summed E-state index contributed by atoms with van der Waals surface area (Å²) in [4.78, 5) is 15.4. The topological polar surface area (TPSA) is 70.1 Å². The molecule has 0 aliphatic carbocycles. The lowest BCUT2D eigenvalue weighted by molar-refractivity contribution is 0.0879. The molecule has 0 radical (unpaired) electrons. The highest BCUT2D eigenvalue weighted by molar-refractivity contribution is 5.97. The number of methoxy groups -OCH3 is 1. The van der Waals surface area contributed by atoms with Gasteiger partial charge < -0.3 is 15.0 Å². The Hall–Kier alpha value is -1.20. The van der Waals surface area contributed by atoms with Crippen LogP contribution in [0.2, 0.25) is 0 Å². The molecule has 5 nitrogen and oxygen atoms in total. The van der Waals surface area contributed by atoms with Crippen molar-refractivity contribution >= 4 is 5.78 Å². The van der Waals surface area contributed by atoms with E-state index < -0.39 is 6.04 Å². The monoisotopic (exact) mass is 183 g/mol. The molecule has 0 saturated heterocycles. The van der Waals surface area contributed by atoms with Crippen molar-refractivity contribution in [3.05, 3.63) is 18.2 Å². The molecule has 0 fully saturated rings. The third kappa shape index (κ3) is 2.13. The highest BCUT2D eigenvalue weighted by Gasteiger charge is 2.18. The first-order valence-electron chi connectivity index (χ1n) is 3.93. The van der Waals surface area contributed by atoms with Crippen LogP contribution < -0.4 is 5.73 Å². The van der Waals surface area contributed by atoms with Gasteiger partial charge in [0.05, 0.1) is 12.6 Å². The average molecular weight is 183 g/mol. The van der Waals surface area contributed by atoms with Gasteiger partial charge in [0, 0.05) is 26.6 Å². The lowest BCUT2D eigenvalue weighted by Gasteiger charge is -2.08. The fraction of sp³-hybridized carbons (Fsp3) is 0.500. The minimum absolute atomic E-state index is 0.200. The fourth-order valence-electron chi connectivity index (χ4n) is 1.02. The second-order valence-corrected chi connectivity index (χ2v) is 2.79. The number of nitrogens with two attached hydrogens (primary N) is 1. The van der Waals surface area contributed by atoms with E-state index in [0.717, 1.165) is 0 Å². The average Bonchev–Trinajstić information content (AvgIpc) is 2.50. The Kier molecular flexibility index (Phi) is 3.16. The van der Waals surface area contributed by atoms with Gasteiger partial charge in [-0.25, -0.2) is 4.98 Å². The Balaban J connectivity index is 2.73. The quantitative estimate of drug-likeness (QED) is 0.643. The van der Waals surface area contributed by atoms with E-state index in [-0.39, 0.29) is 12.4 Å². The van der Waals surface area contributed by atoms with Gasteiger partial charge in [0.15, 0.2) is 5.82 Å². The molecule has 1 aromatic rings. The number of nitrogens with zero attached hydrogens (tertiary/aromatic N) is 2. The molecule has 0 aromatic carbocycles. The lowest BCUT2D eigenvalue weighted by atomic mass is 10.2. The number of aryl methyl sites for hydroxylation is 1. The van der Waals surface area contributed by atoms with Crippen molar-refractivity contribution in [2.45, 2.75) is 6.04 Å². The maximum absolute atomic E-state index is 11.5. The normalized spacial score (nSPS) is 12.8. The molecule has 1 atom stereocenters. The Morgan fingerprint density at radius 1 is 1.85 bits per heavy atom. The summed E-state index contributed by atoms with van der Waals surface area (Å²) in [5, 5.41) is 0. The fourth-order valence-corrected chi connectivity index (χ4v) is 1.02. The zero-order valence-corrected chi connectivity index (χ0v) is 7.73. The van der Waals surface area contributed by atoms with Gasteiger partial charge in [-0.05, 0) is 0 Å². The molecular formula is C8H13N3O2. The SMILES string of the molecule is COCC(N)C(=O)c1nccn1C. The first kappa shape index (κ1) is 9.88. The number of carbonyl (C=O) groups is 1. The smallest absolute Gasteiger partial charge is 0.217 e. The van der Waals surface area contributed by atoms with Crippen molar-refractivity contribution in [2.24, 2.45) is 12.8 Å². The minimum Gasteiger partial charge on any atom is -0.383 e. The van der Waals surface area contributed by atoms with Crippen molar-refractivity contribution in [3.8, 4) is 0 Å². The number of carbonyl (C=O) groups excluding carboxylic acids is 1. The Morgan fingerprint density at radius 3 is 3.00 bits per heavy atom. The first-order chi connectivity index (χ1) is 6.16. The van der Waals surface area contributed by atoms with Gasteiger partial charge in [-0.1, -0.05) is 0 Å². The van der Waals surface area contributed by atoms with Gasteiger partial charge >= 0.3 is 0 Å². The molecule has 1 heterocycles. The summed E-state index contributed by atoms with van der Waals surface area (Å²) in [6.07, 6.45) is 3.26. The third-order valence-electron chi connectivity index (χ3n) is 1.72. The number of rotatable bonds is 4. The van der Waals surface area contributed by atoms with Crippen molar-refractivity contribution in [1.82, 2.24) is 9.55 Å². The number of ether oxygens (including phenoxy) is 1. The van der Waals surface area contributed by atoms with Gasteiger partial charge in [0.25, 0.3) is 0 Å². The van der Waals surface area contributed by atoms with Crippen LogP contribution in [0.3, 0.4) is 0 Å².